The second kappa shape index (κ2) is 7.89. The lowest BCUT2D eigenvalue weighted by molar-refractivity contribution is -0.137. The number of aryl methyl sites for hydroxylation is 1. The Morgan fingerprint density at radius 3 is 2.21 bits per heavy atom. The molecule has 0 atom stereocenters. The number of hydrogen-bond acceptors (Lipinski definition) is 4. The third kappa shape index (κ3) is 5.00. The van der Waals surface area contributed by atoms with Crippen LogP contribution in [0.4, 0.5) is 28.4 Å². The molecule has 4 amide bonds. The van der Waals surface area contributed by atoms with Crippen molar-refractivity contribution in [2.45, 2.75) is 18.0 Å². The number of carbonyl (C=O) groups excluding carboxylic acids is 2. The average molecular weight is 415 g/mol. The number of halogens is 3. The fourth-order valence-electron chi connectivity index (χ4n) is 2.09. The van der Waals surface area contributed by atoms with Crippen molar-refractivity contribution in [1.82, 2.24) is 9.62 Å². The first kappa shape index (κ1) is 21.2. The molecule has 7 nitrogen and oxygen atoms in total. The molecular formula is C17H16F3N3O4S. The quantitative estimate of drug-likeness (QED) is 0.801. The molecule has 2 rings (SSSR count). The zero-order valence-electron chi connectivity index (χ0n) is 14.7. The molecule has 0 spiro atoms. The van der Waals surface area contributed by atoms with E-state index in [4.69, 9.17) is 0 Å². The number of carbonyl (C=O) groups is 2. The minimum absolute atomic E-state index is 0.158. The summed E-state index contributed by atoms with van der Waals surface area (Å²) in [7, 11) is -3.26. The number of rotatable bonds is 3. The second-order valence-electron chi connectivity index (χ2n) is 5.75. The largest absolute Gasteiger partial charge is 0.416 e. The van der Waals surface area contributed by atoms with Gasteiger partial charge in [-0.25, -0.2) is 22.3 Å². The summed E-state index contributed by atoms with van der Waals surface area (Å²) >= 11 is 0. The van der Waals surface area contributed by atoms with Crippen molar-refractivity contribution in [3.05, 3.63) is 59.7 Å². The Kier molecular flexibility index (Phi) is 5.98. The number of hydrogen-bond donors (Lipinski definition) is 2. The minimum atomic E-state index is -4.60. The predicted molar refractivity (Wildman–Crippen MR) is 95.1 cm³/mol. The smallest absolute Gasteiger partial charge is 0.308 e. The van der Waals surface area contributed by atoms with Crippen molar-refractivity contribution >= 4 is 27.8 Å². The second-order valence-corrected chi connectivity index (χ2v) is 7.72. The summed E-state index contributed by atoms with van der Waals surface area (Å²) in [5.74, 6) is 0. The summed E-state index contributed by atoms with van der Waals surface area (Å²) in [6.07, 6.45) is -4.60. The average Bonchev–Trinajstić information content (AvgIpc) is 2.60. The van der Waals surface area contributed by atoms with Gasteiger partial charge in [0.05, 0.1) is 10.5 Å². The molecule has 150 valence electrons. The molecule has 2 aromatic rings. The van der Waals surface area contributed by atoms with Crippen LogP contribution in [0.1, 0.15) is 11.1 Å². The highest BCUT2D eigenvalue weighted by Gasteiger charge is 2.31. The Labute approximate surface area is 159 Å². The molecule has 0 saturated carbocycles. The van der Waals surface area contributed by atoms with Gasteiger partial charge in [-0.1, -0.05) is 23.8 Å². The van der Waals surface area contributed by atoms with Crippen molar-refractivity contribution in [2.24, 2.45) is 0 Å². The van der Waals surface area contributed by atoms with Crippen LogP contribution in [-0.2, 0) is 16.2 Å². The van der Waals surface area contributed by atoms with Gasteiger partial charge in [-0.3, -0.25) is 5.32 Å². The number of urea groups is 2. The molecule has 0 unspecified atom stereocenters. The molecule has 0 aliphatic carbocycles. The topological polar surface area (TPSA) is 95.6 Å². The van der Waals surface area contributed by atoms with Crippen LogP contribution in [0.15, 0.2) is 53.4 Å². The van der Waals surface area contributed by atoms with E-state index in [1.807, 2.05) is 5.32 Å². The van der Waals surface area contributed by atoms with E-state index in [9.17, 15) is 31.2 Å². The van der Waals surface area contributed by atoms with E-state index >= 15 is 0 Å². The van der Waals surface area contributed by atoms with Gasteiger partial charge in [-0.05, 0) is 37.3 Å². The third-order valence-corrected chi connectivity index (χ3v) is 5.39. The monoisotopic (exact) mass is 415 g/mol. The Hall–Kier alpha value is -3.08. The third-order valence-electron chi connectivity index (χ3n) is 3.63. The number of imide groups is 1. The standard InChI is InChI=1S/C17H16F3N3O4S/c1-11-6-8-14(9-7-11)28(26,27)23(2)16(25)22-15(24)21-13-5-3-4-12(10-13)17(18,19)20/h3-10H,1-2H3,(H2,21,22,24,25). The molecule has 0 aliphatic rings. The van der Waals surface area contributed by atoms with Crippen molar-refractivity contribution in [3.63, 3.8) is 0 Å². The van der Waals surface area contributed by atoms with E-state index in [0.717, 1.165) is 24.7 Å². The molecule has 0 bridgehead atoms. The minimum Gasteiger partial charge on any atom is -0.308 e. The van der Waals surface area contributed by atoms with E-state index in [1.165, 1.54) is 18.2 Å². The van der Waals surface area contributed by atoms with Crippen LogP contribution >= 0.6 is 0 Å². The van der Waals surface area contributed by atoms with Gasteiger partial charge < -0.3 is 5.32 Å². The Morgan fingerprint density at radius 1 is 1.04 bits per heavy atom. The summed E-state index contributed by atoms with van der Waals surface area (Å²) in [5.41, 5.74) is -0.397. The summed E-state index contributed by atoms with van der Waals surface area (Å²) in [4.78, 5) is 23.7. The maximum Gasteiger partial charge on any atom is 0.416 e. The number of amides is 4. The van der Waals surface area contributed by atoms with Crippen molar-refractivity contribution < 1.29 is 31.2 Å². The zero-order chi connectivity index (χ0) is 21.1. The Bertz CT molecular complexity index is 989. The number of nitrogens with one attached hydrogen (secondary N) is 2. The maximum atomic E-state index is 12.7. The fourth-order valence-corrected chi connectivity index (χ4v) is 3.15. The number of benzene rings is 2. The number of sulfonamides is 1. The highest BCUT2D eigenvalue weighted by molar-refractivity contribution is 7.89. The fraction of sp³-hybridized carbons (Fsp3) is 0.176. The normalized spacial score (nSPS) is 11.6. The molecule has 0 radical (unpaired) electrons. The molecule has 0 fully saturated rings. The van der Waals surface area contributed by atoms with Crippen LogP contribution in [0, 0.1) is 6.92 Å². The molecule has 28 heavy (non-hydrogen) atoms. The number of nitrogens with zero attached hydrogens (tertiary/aromatic N) is 1. The van der Waals surface area contributed by atoms with Gasteiger partial charge in [0.15, 0.2) is 0 Å². The van der Waals surface area contributed by atoms with Crippen LogP contribution < -0.4 is 10.6 Å². The maximum absolute atomic E-state index is 12.7. The van der Waals surface area contributed by atoms with E-state index in [1.54, 1.807) is 24.4 Å². The van der Waals surface area contributed by atoms with Gasteiger partial charge >= 0.3 is 18.2 Å². The predicted octanol–water partition coefficient (Wildman–Crippen LogP) is 3.58. The van der Waals surface area contributed by atoms with E-state index in [0.29, 0.717) is 10.4 Å². The first-order chi connectivity index (χ1) is 12.9. The highest BCUT2D eigenvalue weighted by Crippen LogP contribution is 2.30. The van der Waals surface area contributed by atoms with Gasteiger partial charge in [0.2, 0.25) is 0 Å². The Morgan fingerprint density at radius 2 is 1.64 bits per heavy atom. The van der Waals surface area contributed by atoms with Crippen molar-refractivity contribution in [2.75, 3.05) is 12.4 Å². The van der Waals surface area contributed by atoms with Crippen LogP contribution in [0.3, 0.4) is 0 Å². The lowest BCUT2D eigenvalue weighted by Gasteiger charge is -2.18. The van der Waals surface area contributed by atoms with Crippen LogP contribution in [-0.4, -0.2) is 31.8 Å². The van der Waals surface area contributed by atoms with Gasteiger partial charge in [0, 0.05) is 12.7 Å². The Balaban J connectivity index is 2.07. The van der Waals surface area contributed by atoms with Gasteiger partial charge in [0.25, 0.3) is 10.0 Å². The van der Waals surface area contributed by atoms with Gasteiger partial charge in [-0.2, -0.15) is 13.2 Å². The summed E-state index contributed by atoms with van der Waals surface area (Å²) in [6.45, 7) is 1.75. The molecule has 0 aromatic heterocycles. The molecule has 0 heterocycles. The van der Waals surface area contributed by atoms with Crippen molar-refractivity contribution in [1.29, 1.82) is 0 Å². The van der Waals surface area contributed by atoms with Gasteiger partial charge in [0.1, 0.15) is 0 Å². The SMILES string of the molecule is Cc1ccc(S(=O)(=O)N(C)C(=O)NC(=O)Nc2cccc(C(F)(F)F)c2)cc1. The lowest BCUT2D eigenvalue weighted by Crippen LogP contribution is -2.45. The van der Waals surface area contributed by atoms with Crippen LogP contribution in [0.25, 0.3) is 0 Å². The first-order valence-electron chi connectivity index (χ1n) is 7.76. The van der Waals surface area contributed by atoms with Crippen LogP contribution in [0.2, 0.25) is 0 Å². The number of alkyl halides is 3. The van der Waals surface area contributed by atoms with E-state index in [2.05, 4.69) is 0 Å². The number of anilines is 1. The van der Waals surface area contributed by atoms with Crippen molar-refractivity contribution in [3.8, 4) is 0 Å². The van der Waals surface area contributed by atoms with E-state index < -0.39 is 33.8 Å². The molecule has 2 aromatic carbocycles. The molecular weight excluding hydrogens is 399 g/mol. The van der Waals surface area contributed by atoms with E-state index in [-0.39, 0.29) is 10.6 Å². The molecule has 11 heteroatoms. The molecule has 0 saturated heterocycles. The summed E-state index contributed by atoms with van der Waals surface area (Å²) < 4.78 is 63.1. The first-order valence-corrected chi connectivity index (χ1v) is 9.20. The highest BCUT2D eigenvalue weighted by atomic mass is 32.2. The van der Waals surface area contributed by atoms with Gasteiger partial charge in [-0.15, -0.1) is 0 Å². The summed E-state index contributed by atoms with van der Waals surface area (Å²) in [6, 6.07) is 6.99. The molecule has 0 aliphatic heterocycles. The van der Waals surface area contributed by atoms with Crippen LogP contribution in [0.5, 0.6) is 0 Å². The molecule has 2 N–H and O–H groups in total. The summed E-state index contributed by atoms with van der Waals surface area (Å²) in [5, 5.41) is 3.80. The zero-order valence-corrected chi connectivity index (χ0v) is 15.6. The lowest BCUT2D eigenvalue weighted by atomic mass is 10.2.